The minimum Gasteiger partial charge on any atom is -0.497 e. The van der Waals surface area contributed by atoms with Crippen LogP contribution < -0.4 is 9.47 Å². The zero-order chi connectivity index (χ0) is 22.7. The maximum Gasteiger partial charge on any atom is 0.155 e. The highest BCUT2D eigenvalue weighted by Gasteiger charge is 2.37. The maximum atomic E-state index is 11.5. The fraction of sp³-hybridized carbons (Fsp3) is 0.480. The van der Waals surface area contributed by atoms with Gasteiger partial charge in [0.1, 0.15) is 17.4 Å². The van der Waals surface area contributed by atoms with Gasteiger partial charge >= 0.3 is 0 Å². The van der Waals surface area contributed by atoms with Crippen molar-refractivity contribution in [2.24, 2.45) is 0 Å². The third-order valence-electron chi connectivity index (χ3n) is 4.83. The minimum atomic E-state index is -1.18. The van der Waals surface area contributed by atoms with Crippen molar-refractivity contribution >= 4 is 11.6 Å². The van der Waals surface area contributed by atoms with Crippen LogP contribution in [0.15, 0.2) is 30.3 Å². The summed E-state index contributed by atoms with van der Waals surface area (Å²) in [5.41, 5.74) is 1.67. The molecule has 5 heteroatoms. The van der Waals surface area contributed by atoms with Crippen LogP contribution in [0, 0.1) is 11.3 Å². The molecule has 2 aromatic rings. The number of fused-ring (bicyclic) bond motifs is 1. The van der Waals surface area contributed by atoms with E-state index in [2.05, 4.69) is 6.07 Å². The number of nitrogens with zero attached hydrogens (tertiary/aromatic N) is 1. The number of nitriles is 1. The summed E-state index contributed by atoms with van der Waals surface area (Å²) < 4.78 is 10.9. The molecule has 2 aromatic carbocycles. The number of ether oxygens (including phenoxy) is 2. The first-order valence-corrected chi connectivity index (χ1v) is 11.2. The van der Waals surface area contributed by atoms with Crippen molar-refractivity contribution in [3.05, 3.63) is 57.6 Å². The van der Waals surface area contributed by atoms with Crippen LogP contribution in [0.5, 0.6) is 11.5 Å². The van der Waals surface area contributed by atoms with Gasteiger partial charge in [-0.1, -0.05) is 52.3 Å². The number of rotatable bonds is 5. The molecular formula is C25H34ClNO3. The van der Waals surface area contributed by atoms with E-state index >= 15 is 0 Å². The number of benzene rings is 2. The van der Waals surface area contributed by atoms with Crippen LogP contribution in [0.25, 0.3) is 0 Å². The summed E-state index contributed by atoms with van der Waals surface area (Å²) in [6, 6.07) is 11.3. The van der Waals surface area contributed by atoms with E-state index in [0.717, 1.165) is 36.1 Å². The highest BCUT2D eigenvalue weighted by Crippen LogP contribution is 2.44. The first-order valence-electron chi connectivity index (χ1n) is 10.8. The number of aliphatic hydroxyl groups is 1. The Labute approximate surface area is 186 Å². The zero-order valence-corrected chi connectivity index (χ0v) is 19.8. The van der Waals surface area contributed by atoms with Gasteiger partial charge < -0.3 is 14.6 Å². The Hall–Kier alpha value is -2.22. The lowest BCUT2D eigenvalue weighted by Crippen LogP contribution is -2.32. The summed E-state index contributed by atoms with van der Waals surface area (Å²) in [7, 11) is 1.63. The van der Waals surface area contributed by atoms with Crippen molar-refractivity contribution in [3.63, 3.8) is 0 Å². The molecule has 1 atom stereocenters. The average Bonchev–Trinajstić information content (AvgIpc) is 2.80. The summed E-state index contributed by atoms with van der Waals surface area (Å²) >= 11 is 6.40. The number of methoxy groups -OCH3 is 1. The second kappa shape index (κ2) is 12.5. The molecule has 1 unspecified atom stereocenters. The van der Waals surface area contributed by atoms with Crippen LogP contribution >= 0.6 is 11.6 Å². The average molecular weight is 432 g/mol. The Morgan fingerprint density at radius 2 is 1.87 bits per heavy atom. The van der Waals surface area contributed by atoms with Gasteiger partial charge in [-0.3, -0.25) is 0 Å². The van der Waals surface area contributed by atoms with E-state index in [1.165, 1.54) is 0 Å². The van der Waals surface area contributed by atoms with Crippen LogP contribution in [0.1, 0.15) is 76.1 Å². The Kier molecular flexibility index (Phi) is 10.7. The van der Waals surface area contributed by atoms with Gasteiger partial charge in [0, 0.05) is 0 Å². The Balaban J connectivity index is 0.00000106. The molecule has 0 aromatic heterocycles. The van der Waals surface area contributed by atoms with Crippen molar-refractivity contribution in [2.45, 2.75) is 65.9 Å². The molecule has 1 aliphatic carbocycles. The molecule has 30 heavy (non-hydrogen) atoms. The molecule has 1 aliphatic rings. The van der Waals surface area contributed by atoms with Gasteiger partial charge in [0.25, 0.3) is 0 Å². The molecule has 4 nitrogen and oxygen atoms in total. The minimum absolute atomic E-state index is 0.343. The summed E-state index contributed by atoms with van der Waals surface area (Å²) in [4.78, 5) is 0. The molecule has 0 saturated carbocycles. The first-order chi connectivity index (χ1) is 14.5. The second-order valence-electron chi connectivity index (χ2n) is 6.53. The second-order valence-corrected chi connectivity index (χ2v) is 6.94. The summed E-state index contributed by atoms with van der Waals surface area (Å²) in [5, 5.41) is 21.4. The number of hydrogen-bond acceptors (Lipinski definition) is 4. The molecule has 0 amide bonds. The van der Waals surface area contributed by atoms with Crippen molar-refractivity contribution in [3.8, 4) is 17.6 Å². The smallest absolute Gasteiger partial charge is 0.155 e. The first kappa shape index (κ1) is 25.8. The summed E-state index contributed by atoms with van der Waals surface area (Å²) in [6.07, 6.45) is 3.11. The van der Waals surface area contributed by atoms with E-state index in [9.17, 15) is 10.4 Å². The predicted molar refractivity (Wildman–Crippen MR) is 124 cm³/mol. The molecule has 0 bridgehead atoms. The fourth-order valence-corrected chi connectivity index (χ4v) is 3.82. The van der Waals surface area contributed by atoms with Crippen molar-refractivity contribution < 1.29 is 14.6 Å². The third kappa shape index (κ3) is 5.47. The molecule has 0 saturated heterocycles. The normalized spacial score (nSPS) is 16.6. The third-order valence-corrected chi connectivity index (χ3v) is 5.12. The highest BCUT2D eigenvalue weighted by atomic mass is 35.5. The van der Waals surface area contributed by atoms with E-state index in [4.69, 9.17) is 21.1 Å². The fourth-order valence-electron chi connectivity index (χ4n) is 3.54. The summed E-state index contributed by atoms with van der Waals surface area (Å²) in [5.74, 6) is 1.15. The molecule has 3 rings (SSSR count). The van der Waals surface area contributed by atoms with Crippen molar-refractivity contribution in [2.75, 3.05) is 13.7 Å². The van der Waals surface area contributed by atoms with Crippen molar-refractivity contribution in [1.29, 1.82) is 5.26 Å². The van der Waals surface area contributed by atoms with E-state index < -0.39 is 5.60 Å². The molecule has 0 spiro atoms. The lowest BCUT2D eigenvalue weighted by Gasteiger charge is -2.35. The SMILES string of the molecule is CC.CC.CCCOc1c(Cl)cc(C2(O)CCCc3cc(OC)ccc32)cc1C#N. The lowest BCUT2D eigenvalue weighted by molar-refractivity contribution is 0.0614. The van der Waals surface area contributed by atoms with E-state index in [0.29, 0.717) is 34.9 Å². The van der Waals surface area contributed by atoms with Gasteiger partial charge in [0.15, 0.2) is 5.75 Å². The topological polar surface area (TPSA) is 62.5 Å². The molecular weight excluding hydrogens is 398 g/mol. The lowest BCUT2D eigenvalue weighted by atomic mass is 9.74. The molecule has 164 valence electrons. The molecule has 0 fully saturated rings. The van der Waals surface area contributed by atoms with Gasteiger partial charge in [0.05, 0.1) is 24.3 Å². The van der Waals surface area contributed by atoms with E-state index in [1.54, 1.807) is 19.2 Å². The van der Waals surface area contributed by atoms with Crippen LogP contribution in [0.2, 0.25) is 5.02 Å². The van der Waals surface area contributed by atoms with E-state index in [1.807, 2.05) is 52.8 Å². The molecule has 0 heterocycles. The molecule has 1 N–H and O–H groups in total. The van der Waals surface area contributed by atoms with Crippen LogP contribution in [-0.2, 0) is 12.0 Å². The standard InChI is InChI=1S/C21H22ClNO3.2C2H6/c1-3-9-26-20-15(13-23)10-16(12-19(20)22)21(24)8-4-5-14-11-17(25-2)6-7-18(14)21;2*1-2/h6-7,10-12,24H,3-5,8-9H2,1-2H3;2*1-2H3. The van der Waals surface area contributed by atoms with Crippen LogP contribution in [0.3, 0.4) is 0 Å². The Morgan fingerprint density at radius 1 is 1.17 bits per heavy atom. The largest absolute Gasteiger partial charge is 0.497 e. The molecule has 0 aliphatic heterocycles. The monoisotopic (exact) mass is 431 g/mol. The number of aryl methyl sites for hydroxylation is 1. The van der Waals surface area contributed by atoms with Gasteiger partial charge in [-0.2, -0.15) is 5.26 Å². The Morgan fingerprint density at radius 3 is 2.47 bits per heavy atom. The van der Waals surface area contributed by atoms with E-state index in [-0.39, 0.29) is 0 Å². The predicted octanol–water partition coefficient (Wildman–Crippen LogP) is 6.63. The number of halogens is 1. The van der Waals surface area contributed by atoms with Gasteiger partial charge in [0.2, 0.25) is 0 Å². The van der Waals surface area contributed by atoms with Crippen LogP contribution in [0.4, 0.5) is 0 Å². The van der Waals surface area contributed by atoms with Gasteiger partial charge in [-0.25, -0.2) is 0 Å². The summed E-state index contributed by atoms with van der Waals surface area (Å²) in [6.45, 7) is 10.5. The maximum absolute atomic E-state index is 11.5. The van der Waals surface area contributed by atoms with Gasteiger partial charge in [-0.15, -0.1) is 0 Å². The van der Waals surface area contributed by atoms with Crippen molar-refractivity contribution in [1.82, 2.24) is 0 Å². The van der Waals surface area contributed by atoms with Crippen LogP contribution in [-0.4, -0.2) is 18.8 Å². The molecule has 0 radical (unpaired) electrons. The quantitative estimate of drug-likeness (QED) is 0.576. The highest BCUT2D eigenvalue weighted by molar-refractivity contribution is 6.32. The Bertz CT molecular complexity index is 860. The zero-order valence-electron chi connectivity index (χ0n) is 19.0. The van der Waals surface area contributed by atoms with Gasteiger partial charge in [-0.05, 0) is 66.6 Å². The number of hydrogen-bond donors (Lipinski definition) is 1.